The van der Waals surface area contributed by atoms with Gasteiger partial charge in [-0.15, -0.1) is 0 Å². The van der Waals surface area contributed by atoms with Gasteiger partial charge in [0, 0.05) is 5.70 Å². The quantitative estimate of drug-likeness (QED) is 0.815. The first-order valence-corrected chi connectivity index (χ1v) is 5.27. The SMILES string of the molecule is C/C=C(\C)Nc1ccc(F)cc1C#N.CC. The van der Waals surface area contributed by atoms with Crippen molar-refractivity contribution in [1.29, 1.82) is 5.26 Å². The van der Waals surface area contributed by atoms with Gasteiger partial charge in [-0.2, -0.15) is 5.26 Å². The van der Waals surface area contributed by atoms with E-state index >= 15 is 0 Å². The van der Waals surface area contributed by atoms with Gasteiger partial charge in [0.15, 0.2) is 0 Å². The summed E-state index contributed by atoms with van der Waals surface area (Å²) in [5.41, 5.74) is 1.86. The van der Waals surface area contributed by atoms with Crippen LogP contribution >= 0.6 is 0 Å². The third-order valence-electron chi connectivity index (χ3n) is 1.87. The van der Waals surface area contributed by atoms with E-state index < -0.39 is 5.82 Å². The number of rotatable bonds is 2. The van der Waals surface area contributed by atoms with Crippen molar-refractivity contribution in [1.82, 2.24) is 0 Å². The average molecular weight is 220 g/mol. The second-order valence-electron chi connectivity index (χ2n) is 2.90. The minimum atomic E-state index is -0.398. The summed E-state index contributed by atoms with van der Waals surface area (Å²) in [6, 6.07) is 6.03. The molecule has 3 heteroatoms. The second-order valence-corrected chi connectivity index (χ2v) is 2.90. The highest BCUT2D eigenvalue weighted by Crippen LogP contribution is 2.17. The largest absolute Gasteiger partial charge is 0.358 e. The number of hydrogen-bond acceptors (Lipinski definition) is 2. The first kappa shape index (κ1) is 14.2. The summed E-state index contributed by atoms with van der Waals surface area (Å²) in [6.07, 6.45) is 1.88. The van der Waals surface area contributed by atoms with E-state index in [4.69, 9.17) is 5.26 Å². The first-order chi connectivity index (χ1) is 7.67. The van der Waals surface area contributed by atoms with Crippen LogP contribution in [-0.4, -0.2) is 0 Å². The molecule has 0 aliphatic rings. The van der Waals surface area contributed by atoms with Crippen molar-refractivity contribution in [2.24, 2.45) is 0 Å². The van der Waals surface area contributed by atoms with Crippen molar-refractivity contribution in [2.75, 3.05) is 5.32 Å². The molecular formula is C13H17FN2. The number of anilines is 1. The monoisotopic (exact) mass is 220 g/mol. The predicted octanol–water partition coefficient (Wildman–Crippen LogP) is 4.06. The van der Waals surface area contributed by atoms with Crippen molar-refractivity contribution in [3.8, 4) is 6.07 Å². The van der Waals surface area contributed by atoms with Crippen LogP contribution in [0.1, 0.15) is 33.3 Å². The molecule has 0 radical (unpaired) electrons. The van der Waals surface area contributed by atoms with Gasteiger partial charge in [0.25, 0.3) is 0 Å². The molecule has 0 atom stereocenters. The predicted molar refractivity (Wildman–Crippen MR) is 65.5 cm³/mol. The van der Waals surface area contributed by atoms with E-state index in [0.29, 0.717) is 11.3 Å². The summed E-state index contributed by atoms with van der Waals surface area (Å²) in [7, 11) is 0. The Labute approximate surface area is 96.4 Å². The Kier molecular flexibility index (Phi) is 6.62. The lowest BCUT2D eigenvalue weighted by Crippen LogP contribution is -1.97. The van der Waals surface area contributed by atoms with E-state index in [1.165, 1.54) is 12.1 Å². The number of nitrogens with zero attached hydrogens (tertiary/aromatic N) is 1. The van der Waals surface area contributed by atoms with Gasteiger partial charge in [-0.25, -0.2) is 4.39 Å². The number of nitriles is 1. The van der Waals surface area contributed by atoms with Gasteiger partial charge in [0.2, 0.25) is 0 Å². The van der Waals surface area contributed by atoms with Crippen LogP contribution in [0.3, 0.4) is 0 Å². The highest BCUT2D eigenvalue weighted by Gasteiger charge is 2.02. The van der Waals surface area contributed by atoms with Gasteiger partial charge in [-0.05, 0) is 32.0 Å². The van der Waals surface area contributed by atoms with Crippen molar-refractivity contribution < 1.29 is 4.39 Å². The second kappa shape index (κ2) is 7.47. The highest BCUT2D eigenvalue weighted by atomic mass is 19.1. The number of nitrogens with one attached hydrogen (secondary N) is 1. The number of benzene rings is 1. The lowest BCUT2D eigenvalue weighted by molar-refractivity contribution is 0.627. The number of allylic oxidation sites excluding steroid dienone is 2. The molecule has 0 saturated heterocycles. The van der Waals surface area contributed by atoms with Crippen LogP contribution < -0.4 is 5.32 Å². The molecule has 1 aromatic rings. The summed E-state index contributed by atoms with van der Waals surface area (Å²) in [5.74, 6) is -0.398. The third kappa shape index (κ3) is 4.14. The molecule has 0 bridgehead atoms. The first-order valence-electron chi connectivity index (χ1n) is 5.27. The normalized spacial score (nSPS) is 9.88. The molecular weight excluding hydrogens is 203 g/mol. The van der Waals surface area contributed by atoms with Crippen LogP contribution in [0.2, 0.25) is 0 Å². The Hall–Kier alpha value is -1.82. The van der Waals surface area contributed by atoms with Gasteiger partial charge in [-0.1, -0.05) is 19.9 Å². The van der Waals surface area contributed by atoms with Gasteiger partial charge < -0.3 is 5.32 Å². The van der Waals surface area contributed by atoms with E-state index in [1.807, 2.05) is 39.8 Å². The summed E-state index contributed by atoms with van der Waals surface area (Å²) in [6.45, 7) is 7.77. The molecule has 0 aliphatic heterocycles. The van der Waals surface area contributed by atoms with Gasteiger partial charge >= 0.3 is 0 Å². The van der Waals surface area contributed by atoms with Crippen LogP contribution in [0, 0.1) is 17.1 Å². The Bertz CT molecular complexity index is 403. The van der Waals surface area contributed by atoms with Gasteiger partial charge in [0.05, 0.1) is 11.3 Å². The molecule has 0 saturated carbocycles. The summed E-state index contributed by atoms with van der Waals surface area (Å²) < 4.78 is 12.8. The van der Waals surface area contributed by atoms with E-state index in [-0.39, 0.29) is 0 Å². The zero-order chi connectivity index (χ0) is 12.6. The Balaban J connectivity index is 0.00000106. The molecule has 16 heavy (non-hydrogen) atoms. The topological polar surface area (TPSA) is 35.8 Å². The molecule has 0 spiro atoms. The van der Waals surface area contributed by atoms with Crippen LogP contribution in [0.4, 0.5) is 10.1 Å². The molecule has 86 valence electrons. The molecule has 1 rings (SSSR count). The molecule has 0 amide bonds. The smallest absolute Gasteiger partial charge is 0.124 e. The molecule has 0 aliphatic carbocycles. The maximum Gasteiger partial charge on any atom is 0.124 e. The number of halogens is 1. The van der Waals surface area contributed by atoms with Crippen molar-refractivity contribution in [3.05, 3.63) is 41.4 Å². The fraction of sp³-hybridized carbons (Fsp3) is 0.308. The number of hydrogen-bond donors (Lipinski definition) is 1. The van der Waals surface area contributed by atoms with E-state index in [2.05, 4.69) is 5.32 Å². The van der Waals surface area contributed by atoms with Crippen LogP contribution in [-0.2, 0) is 0 Å². The minimum absolute atomic E-state index is 0.311. The van der Waals surface area contributed by atoms with Crippen LogP contribution in [0.25, 0.3) is 0 Å². The van der Waals surface area contributed by atoms with E-state index in [0.717, 1.165) is 5.70 Å². The average Bonchev–Trinajstić information content (AvgIpc) is 2.33. The molecule has 0 aromatic heterocycles. The van der Waals surface area contributed by atoms with Crippen molar-refractivity contribution >= 4 is 5.69 Å². The van der Waals surface area contributed by atoms with E-state index in [1.54, 1.807) is 6.07 Å². The third-order valence-corrected chi connectivity index (χ3v) is 1.87. The lowest BCUT2D eigenvalue weighted by Gasteiger charge is -2.07. The standard InChI is InChI=1S/C11H11FN2.C2H6/c1-3-8(2)14-11-5-4-10(12)6-9(11)7-13;1-2/h3-6,14H,1-2H3;1-2H3/b8-3+;. The molecule has 1 N–H and O–H groups in total. The minimum Gasteiger partial charge on any atom is -0.358 e. The zero-order valence-electron chi connectivity index (χ0n) is 10.1. The Morgan fingerprint density at radius 1 is 1.44 bits per heavy atom. The zero-order valence-corrected chi connectivity index (χ0v) is 10.1. The van der Waals surface area contributed by atoms with Gasteiger partial charge in [0.1, 0.15) is 11.9 Å². The lowest BCUT2D eigenvalue weighted by atomic mass is 10.2. The van der Waals surface area contributed by atoms with E-state index in [9.17, 15) is 4.39 Å². The molecule has 0 unspecified atom stereocenters. The van der Waals surface area contributed by atoms with Crippen LogP contribution in [0.15, 0.2) is 30.0 Å². The molecule has 1 aromatic carbocycles. The fourth-order valence-corrected chi connectivity index (χ4v) is 1.00. The molecule has 0 heterocycles. The molecule has 0 fully saturated rings. The Morgan fingerprint density at radius 2 is 2.06 bits per heavy atom. The summed E-state index contributed by atoms with van der Waals surface area (Å²) in [5, 5.41) is 11.8. The van der Waals surface area contributed by atoms with Crippen LogP contribution in [0.5, 0.6) is 0 Å². The van der Waals surface area contributed by atoms with Crippen molar-refractivity contribution in [2.45, 2.75) is 27.7 Å². The maximum absolute atomic E-state index is 12.8. The van der Waals surface area contributed by atoms with Gasteiger partial charge in [-0.3, -0.25) is 0 Å². The Morgan fingerprint density at radius 3 is 2.56 bits per heavy atom. The molecule has 2 nitrogen and oxygen atoms in total. The highest BCUT2D eigenvalue weighted by molar-refractivity contribution is 5.59. The van der Waals surface area contributed by atoms with Crippen molar-refractivity contribution in [3.63, 3.8) is 0 Å². The summed E-state index contributed by atoms with van der Waals surface area (Å²) in [4.78, 5) is 0. The maximum atomic E-state index is 12.8. The summed E-state index contributed by atoms with van der Waals surface area (Å²) >= 11 is 0. The fourth-order valence-electron chi connectivity index (χ4n) is 1.00.